The number of aromatic hydroxyl groups is 2. The lowest BCUT2D eigenvalue weighted by molar-refractivity contribution is 0.475. The molecule has 0 atom stereocenters. The third kappa shape index (κ3) is 2.74. The molecule has 0 aliphatic heterocycles. The SMILES string of the molecule is Cc1c(-c2ccc(O)cc2)n(Cc2ccccc2)c2ccc(O)cc12. The first-order chi connectivity index (χ1) is 12.1. The lowest BCUT2D eigenvalue weighted by Gasteiger charge is -2.12. The van der Waals surface area contributed by atoms with Gasteiger partial charge in [-0.1, -0.05) is 30.3 Å². The zero-order valence-electron chi connectivity index (χ0n) is 14.0. The second kappa shape index (κ2) is 6.02. The first kappa shape index (κ1) is 15.3. The fourth-order valence-corrected chi connectivity index (χ4v) is 3.43. The Bertz CT molecular complexity index is 1030. The minimum absolute atomic E-state index is 0.254. The van der Waals surface area contributed by atoms with Gasteiger partial charge in [0.2, 0.25) is 0 Å². The molecule has 124 valence electrons. The summed E-state index contributed by atoms with van der Waals surface area (Å²) in [5.41, 5.74) is 5.56. The van der Waals surface area contributed by atoms with Crippen LogP contribution in [-0.2, 0) is 6.54 Å². The Morgan fingerprint density at radius 3 is 2.20 bits per heavy atom. The highest BCUT2D eigenvalue weighted by Crippen LogP contribution is 2.36. The topological polar surface area (TPSA) is 45.4 Å². The molecule has 4 aromatic rings. The van der Waals surface area contributed by atoms with Gasteiger partial charge in [0, 0.05) is 17.4 Å². The van der Waals surface area contributed by atoms with Gasteiger partial charge in [0.05, 0.1) is 5.69 Å². The molecule has 4 rings (SSSR count). The van der Waals surface area contributed by atoms with Gasteiger partial charge in [-0.05, 0) is 66.1 Å². The highest BCUT2D eigenvalue weighted by molar-refractivity contribution is 5.92. The first-order valence-electron chi connectivity index (χ1n) is 8.28. The van der Waals surface area contributed by atoms with Gasteiger partial charge in [-0.15, -0.1) is 0 Å². The standard InChI is InChI=1S/C22H19NO2/c1-15-20-13-19(25)11-12-21(20)23(14-16-5-3-2-4-6-16)22(15)17-7-9-18(24)10-8-17/h2-13,24-25H,14H2,1H3. The fourth-order valence-electron chi connectivity index (χ4n) is 3.43. The van der Waals surface area contributed by atoms with Crippen LogP contribution < -0.4 is 0 Å². The summed E-state index contributed by atoms with van der Waals surface area (Å²) in [6.45, 7) is 2.82. The zero-order chi connectivity index (χ0) is 17.4. The van der Waals surface area contributed by atoms with Crippen molar-refractivity contribution in [2.75, 3.05) is 0 Å². The van der Waals surface area contributed by atoms with E-state index in [1.807, 2.05) is 42.5 Å². The number of hydrogen-bond donors (Lipinski definition) is 2. The Morgan fingerprint density at radius 2 is 1.48 bits per heavy atom. The van der Waals surface area contributed by atoms with Gasteiger partial charge in [-0.3, -0.25) is 0 Å². The van der Waals surface area contributed by atoms with Gasteiger partial charge >= 0.3 is 0 Å². The van der Waals surface area contributed by atoms with Crippen LogP contribution in [0.25, 0.3) is 22.2 Å². The minimum Gasteiger partial charge on any atom is -0.508 e. The molecule has 1 heterocycles. The lowest BCUT2D eigenvalue weighted by Crippen LogP contribution is -2.02. The number of nitrogens with zero attached hydrogens (tertiary/aromatic N) is 1. The molecule has 3 nitrogen and oxygen atoms in total. The van der Waals surface area contributed by atoms with Crippen LogP contribution in [0.5, 0.6) is 11.5 Å². The molecule has 0 bridgehead atoms. The summed E-state index contributed by atoms with van der Waals surface area (Å²) >= 11 is 0. The number of aromatic nitrogens is 1. The maximum Gasteiger partial charge on any atom is 0.116 e. The summed E-state index contributed by atoms with van der Waals surface area (Å²) in [6.07, 6.45) is 0. The summed E-state index contributed by atoms with van der Waals surface area (Å²) in [6, 6.07) is 23.1. The van der Waals surface area contributed by atoms with E-state index in [2.05, 4.69) is 23.6 Å². The predicted molar refractivity (Wildman–Crippen MR) is 101 cm³/mol. The molecule has 0 aliphatic carbocycles. The van der Waals surface area contributed by atoms with E-state index in [1.165, 1.54) is 5.56 Å². The fraction of sp³-hybridized carbons (Fsp3) is 0.0909. The van der Waals surface area contributed by atoms with Crippen LogP contribution in [0.2, 0.25) is 0 Å². The van der Waals surface area contributed by atoms with Crippen LogP contribution >= 0.6 is 0 Å². The summed E-state index contributed by atoms with van der Waals surface area (Å²) in [5, 5.41) is 20.6. The molecule has 1 aromatic heterocycles. The molecule has 0 radical (unpaired) electrons. The molecule has 0 saturated carbocycles. The van der Waals surface area contributed by atoms with Crippen molar-refractivity contribution in [2.24, 2.45) is 0 Å². The zero-order valence-corrected chi connectivity index (χ0v) is 14.0. The third-order valence-electron chi connectivity index (χ3n) is 4.62. The van der Waals surface area contributed by atoms with Crippen molar-refractivity contribution in [1.82, 2.24) is 4.57 Å². The van der Waals surface area contributed by atoms with E-state index in [4.69, 9.17) is 0 Å². The maximum atomic E-state index is 9.91. The van der Waals surface area contributed by atoms with Crippen molar-refractivity contribution in [1.29, 1.82) is 0 Å². The second-order valence-corrected chi connectivity index (χ2v) is 6.29. The molecule has 0 spiro atoms. The van der Waals surface area contributed by atoms with Crippen molar-refractivity contribution < 1.29 is 10.2 Å². The molecule has 2 N–H and O–H groups in total. The van der Waals surface area contributed by atoms with Gasteiger partial charge in [0.25, 0.3) is 0 Å². The number of benzene rings is 3. The van der Waals surface area contributed by atoms with Crippen molar-refractivity contribution >= 4 is 10.9 Å². The molecule has 0 fully saturated rings. The van der Waals surface area contributed by atoms with Crippen molar-refractivity contribution in [2.45, 2.75) is 13.5 Å². The van der Waals surface area contributed by atoms with Crippen LogP contribution in [-0.4, -0.2) is 14.8 Å². The average Bonchev–Trinajstić information content (AvgIpc) is 2.88. The number of rotatable bonds is 3. The van der Waals surface area contributed by atoms with Gasteiger partial charge in [-0.25, -0.2) is 0 Å². The van der Waals surface area contributed by atoms with E-state index in [0.29, 0.717) is 0 Å². The Morgan fingerprint density at radius 1 is 0.800 bits per heavy atom. The molecule has 0 aliphatic rings. The summed E-state index contributed by atoms with van der Waals surface area (Å²) in [5.74, 6) is 0.523. The maximum absolute atomic E-state index is 9.91. The molecular formula is C22H19NO2. The normalized spacial score (nSPS) is 11.1. The average molecular weight is 329 g/mol. The number of aryl methyl sites for hydroxylation is 1. The van der Waals surface area contributed by atoms with E-state index < -0.39 is 0 Å². The molecule has 0 amide bonds. The van der Waals surface area contributed by atoms with Gasteiger partial charge in [-0.2, -0.15) is 0 Å². The molecule has 25 heavy (non-hydrogen) atoms. The van der Waals surface area contributed by atoms with E-state index in [9.17, 15) is 10.2 Å². The molecule has 3 aromatic carbocycles. The van der Waals surface area contributed by atoms with Gasteiger partial charge in [0.15, 0.2) is 0 Å². The van der Waals surface area contributed by atoms with E-state index >= 15 is 0 Å². The third-order valence-corrected chi connectivity index (χ3v) is 4.62. The Labute approximate surface area is 146 Å². The smallest absolute Gasteiger partial charge is 0.116 e. The first-order valence-corrected chi connectivity index (χ1v) is 8.28. The molecular weight excluding hydrogens is 310 g/mol. The van der Waals surface area contributed by atoms with Crippen molar-refractivity contribution in [3.8, 4) is 22.8 Å². The highest BCUT2D eigenvalue weighted by atomic mass is 16.3. The second-order valence-electron chi connectivity index (χ2n) is 6.29. The van der Waals surface area contributed by atoms with E-state index in [0.717, 1.165) is 34.3 Å². The predicted octanol–water partition coefficient (Wildman–Crippen LogP) is 5.08. The number of phenols is 2. The van der Waals surface area contributed by atoms with E-state index in [1.54, 1.807) is 18.2 Å². The molecule has 0 unspecified atom stereocenters. The van der Waals surface area contributed by atoms with Crippen LogP contribution in [0, 0.1) is 6.92 Å². The largest absolute Gasteiger partial charge is 0.508 e. The Hall–Kier alpha value is -3.20. The number of phenolic OH excluding ortho intramolecular Hbond substituents is 2. The van der Waals surface area contributed by atoms with Crippen LogP contribution in [0.3, 0.4) is 0 Å². The molecule has 0 saturated heterocycles. The number of fused-ring (bicyclic) bond motifs is 1. The number of hydrogen-bond acceptors (Lipinski definition) is 2. The highest BCUT2D eigenvalue weighted by Gasteiger charge is 2.16. The monoisotopic (exact) mass is 329 g/mol. The minimum atomic E-state index is 0.254. The van der Waals surface area contributed by atoms with Crippen molar-refractivity contribution in [3.05, 3.63) is 83.9 Å². The Kier molecular flexibility index (Phi) is 3.69. The summed E-state index contributed by atoms with van der Waals surface area (Å²) < 4.78 is 2.27. The summed E-state index contributed by atoms with van der Waals surface area (Å²) in [7, 11) is 0. The summed E-state index contributed by atoms with van der Waals surface area (Å²) in [4.78, 5) is 0. The Balaban J connectivity index is 1.97. The quantitative estimate of drug-likeness (QED) is 0.551. The van der Waals surface area contributed by atoms with E-state index in [-0.39, 0.29) is 11.5 Å². The van der Waals surface area contributed by atoms with Gasteiger partial charge in [0.1, 0.15) is 11.5 Å². The van der Waals surface area contributed by atoms with Crippen LogP contribution in [0.4, 0.5) is 0 Å². The lowest BCUT2D eigenvalue weighted by atomic mass is 10.1. The van der Waals surface area contributed by atoms with Crippen LogP contribution in [0.15, 0.2) is 72.8 Å². The van der Waals surface area contributed by atoms with Gasteiger partial charge < -0.3 is 14.8 Å². The van der Waals surface area contributed by atoms with Crippen molar-refractivity contribution in [3.63, 3.8) is 0 Å². The van der Waals surface area contributed by atoms with Crippen LogP contribution in [0.1, 0.15) is 11.1 Å². The molecule has 3 heteroatoms.